The van der Waals surface area contributed by atoms with Gasteiger partial charge in [0.25, 0.3) is 6.47 Å². The minimum atomic E-state index is -4.49. The Hall–Kier alpha value is -1.03. The van der Waals surface area contributed by atoms with E-state index in [-0.39, 0.29) is 13.1 Å². The van der Waals surface area contributed by atoms with E-state index < -0.39 is 45.8 Å². The molecule has 1 unspecified atom stereocenters. The van der Waals surface area contributed by atoms with Crippen LogP contribution in [-0.4, -0.2) is 66.2 Å². The molecule has 0 aliphatic heterocycles. The lowest BCUT2D eigenvalue weighted by Crippen LogP contribution is -2.26. The number of hydrogen-bond donors (Lipinski definition) is 3. The number of ether oxygens (including phenoxy) is 2. The van der Waals surface area contributed by atoms with Crippen molar-refractivity contribution in [1.29, 1.82) is 0 Å². The highest BCUT2D eigenvalue weighted by Crippen LogP contribution is 2.43. The van der Waals surface area contributed by atoms with Gasteiger partial charge in [0, 0.05) is 6.92 Å². The molecular weight excluding hydrogens is 299 g/mol. The molecule has 11 heteroatoms. The van der Waals surface area contributed by atoms with E-state index in [0.717, 1.165) is 6.92 Å². The molecule has 0 saturated heterocycles. The molecule has 0 spiro atoms. The van der Waals surface area contributed by atoms with E-state index in [1.807, 2.05) is 0 Å². The van der Waals surface area contributed by atoms with Crippen LogP contribution in [0.15, 0.2) is 0 Å². The Bertz CT molecular complexity index is 346. The Labute approximate surface area is 114 Å². The summed E-state index contributed by atoms with van der Waals surface area (Å²) in [5.74, 6) is -0.626. The maximum atomic E-state index is 11.3. The highest BCUT2D eigenvalue weighted by Gasteiger charge is 2.25. The van der Waals surface area contributed by atoms with E-state index in [4.69, 9.17) is 10.2 Å². The normalized spacial score (nSPS) is 16.8. The molecule has 0 aliphatic carbocycles. The Morgan fingerprint density at radius 1 is 1.30 bits per heavy atom. The fourth-order valence-corrected chi connectivity index (χ4v) is 1.65. The van der Waals surface area contributed by atoms with Gasteiger partial charge in [-0.15, -0.1) is 0 Å². The highest BCUT2D eigenvalue weighted by molar-refractivity contribution is 7.47. The molecule has 0 aromatic carbocycles. The molecule has 0 aromatic rings. The smallest absolute Gasteiger partial charge is 0.462 e. The maximum absolute atomic E-state index is 11.3. The van der Waals surface area contributed by atoms with Crippen molar-refractivity contribution in [2.45, 2.75) is 19.1 Å². The van der Waals surface area contributed by atoms with Crippen molar-refractivity contribution < 1.29 is 47.8 Å². The van der Waals surface area contributed by atoms with E-state index in [9.17, 15) is 19.0 Å². The summed E-state index contributed by atoms with van der Waals surface area (Å²) in [5, 5.41) is 17.4. The first-order valence-corrected chi connectivity index (χ1v) is 6.93. The SMILES string of the molecule is CC(=O)OC[C@H](COP(=O)(O)OC[C@@H](O)CO)OC=O. The van der Waals surface area contributed by atoms with Crippen LogP contribution in [-0.2, 0) is 32.7 Å². The third kappa shape index (κ3) is 9.84. The lowest BCUT2D eigenvalue weighted by atomic mass is 10.4. The molecule has 0 heterocycles. The topological polar surface area (TPSA) is 149 Å². The molecule has 0 bridgehead atoms. The Kier molecular flexibility index (Phi) is 9.30. The Balaban J connectivity index is 4.19. The third-order valence-electron chi connectivity index (χ3n) is 1.78. The summed E-state index contributed by atoms with van der Waals surface area (Å²) in [5.41, 5.74) is 0. The van der Waals surface area contributed by atoms with Crippen molar-refractivity contribution in [1.82, 2.24) is 0 Å². The van der Waals surface area contributed by atoms with Crippen LogP contribution < -0.4 is 0 Å². The average Bonchev–Trinajstić information content (AvgIpc) is 2.39. The van der Waals surface area contributed by atoms with Crippen molar-refractivity contribution in [2.24, 2.45) is 0 Å². The van der Waals surface area contributed by atoms with E-state index in [1.165, 1.54) is 0 Å². The number of hydrogen-bond acceptors (Lipinski definition) is 9. The molecule has 0 aliphatic rings. The van der Waals surface area contributed by atoms with E-state index in [0.29, 0.717) is 0 Å². The van der Waals surface area contributed by atoms with Crippen LogP contribution in [0.5, 0.6) is 0 Å². The van der Waals surface area contributed by atoms with Gasteiger partial charge in [-0.05, 0) is 0 Å². The van der Waals surface area contributed by atoms with Crippen molar-refractivity contribution in [3.63, 3.8) is 0 Å². The van der Waals surface area contributed by atoms with Crippen LogP contribution >= 0.6 is 7.82 Å². The summed E-state index contributed by atoms with van der Waals surface area (Å²) in [4.78, 5) is 30.0. The van der Waals surface area contributed by atoms with E-state index in [2.05, 4.69) is 18.5 Å². The van der Waals surface area contributed by atoms with Gasteiger partial charge in [0.1, 0.15) is 12.7 Å². The second kappa shape index (κ2) is 9.81. The Morgan fingerprint density at radius 3 is 2.40 bits per heavy atom. The van der Waals surface area contributed by atoms with Crippen molar-refractivity contribution in [3.05, 3.63) is 0 Å². The molecule has 0 rings (SSSR count). The molecule has 3 N–H and O–H groups in total. The predicted molar refractivity (Wildman–Crippen MR) is 62.4 cm³/mol. The summed E-state index contributed by atoms with van der Waals surface area (Å²) in [6.45, 7) is -0.982. The van der Waals surface area contributed by atoms with Gasteiger partial charge in [-0.1, -0.05) is 0 Å². The van der Waals surface area contributed by atoms with Crippen LogP contribution in [0, 0.1) is 0 Å². The molecule has 0 aromatic heterocycles. The second-order valence-corrected chi connectivity index (χ2v) is 5.01. The second-order valence-electron chi connectivity index (χ2n) is 3.55. The minimum Gasteiger partial charge on any atom is -0.462 e. The zero-order valence-electron chi connectivity index (χ0n) is 10.7. The Morgan fingerprint density at radius 2 is 1.90 bits per heavy atom. The molecule has 0 radical (unpaired) electrons. The van der Waals surface area contributed by atoms with Gasteiger partial charge in [0.15, 0.2) is 6.10 Å². The predicted octanol–water partition coefficient (Wildman–Crippen LogP) is -1.42. The van der Waals surface area contributed by atoms with E-state index in [1.54, 1.807) is 0 Å². The number of phosphoric ester groups is 1. The summed E-state index contributed by atoms with van der Waals surface area (Å²) in [6.07, 6.45) is -2.41. The zero-order valence-corrected chi connectivity index (χ0v) is 11.6. The van der Waals surface area contributed by atoms with Gasteiger partial charge >= 0.3 is 13.8 Å². The molecular formula is C9H17O10P. The molecule has 3 atom stereocenters. The van der Waals surface area contributed by atoms with Crippen LogP contribution in [0.3, 0.4) is 0 Å². The van der Waals surface area contributed by atoms with Crippen LogP contribution in [0.2, 0.25) is 0 Å². The lowest BCUT2D eigenvalue weighted by molar-refractivity contribution is -0.151. The van der Waals surface area contributed by atoms with Crippen molar-refractivity contribution in [3.8, 4) is 0 Å². The largest absolute Gasteiger partial charge is 0.472 e. The van der Waals surface area contributed by atoms with Crippen molar-refractivity contribution >= 4 is 20.3 Å². The first-order chi connectivity index (χ1) is 9.30. The lowest BCUT2D eigenvalue weighted by Gasteiger charge is -2.18. The fraction of sp³-hybridized carbons (Fsp3) is 0.778. The minimum absolute atomic E-state index is 0.0657. The zero-order chi connectivity index (χ0) is 15.6. The number of phosphoric acid groups is 1. The summed E-state index contributed by atoms with van der Waals surface area (Å²) in [7, 11) is -4.49. The maximum Gasteiger partial charge on any atom is 0.472 e. The van der Waals surface area contributed by atoms with Gasteiger partial charge in [-0.25, -0.2) is 4.57 Å². The average molecular weight is 316 g/mol. The van der Waals surface area contributed by atoms with Crippen molar-refractivity contribution in [2.75, 3.05) is 26.4 Å². The van der Waals surface area contributed by atoms with Gasteiger partial charge in [0.05, 0.1) is 19.8 Å². The van der Waals surface area contributed by atoms with Crippen LogP contribution in [0.25, 0.3) is 0 Å². The summed E-state index contributed by atoms with van der Waals surface area (Å²) >= 11 is 0. The number of aliphatic hydroxyl groups excluding tert-OH is 2. The first kappa shape index (κ1) is 19.0. The summed E-state index contributed by atoms with van der Waals surface area (Å²) in [6, 6.07) is 0. The quantitative estimate of drug-likeness (QED) is 0.235. The van der Waals surface area contributed by atoms with Gasteiger partial charge in [-0.3, -0.25) is 18.6 Å². The van der Waals surface area contributed by atoms with Gasteiger partial charge in [-0.2, -0.15) is 0 Å². The number of carbonyl (C=O) groups excluding carboxylic acids is 2. The molecule has 0 fully saturated rings. The third-order valence-corrected chi connectivity index (χ3v) is 2.74. The monoisotopic (exact) mass is 316 g/mol. The fourth-order valence-electron chi connectivity index (χ4n) is 0.863. The van der Waals surface area contributed by atoms with E-state index >= 15 is 0 Å². The number of aliphatic hydroxyl groups is 2. The summed E-state index contributed by atoms with van der Waals surface area (Å²) < 4.78 is 29.2. The number of carbonyl (C=O) groups is 2. The molecule has 10 nitrogen and oxygen atoms in total. The molecule has 20 heavy (non-hydrogen) atoms. The number of esters is 1. The number of rotatable bonds is 11. The van der Waals surface area contributed by atoms with Crippen LogP contribution in [0.4, 0.5) is 0 Å². The van der Waals surface area contributed by atoms with Gasteiger partial charge in [0.2, 0.25) is 0 Å². The van der Waals surface area contributed by atoms with Gasteiger partial charge < -0.3 is 24.6 Å². The van der Waals surface area contributed by atoms with Crippen LogP contribution in [0.1, 0.15) is 6.92 Å². The molecule has 0 amide bonds. The standard InChI is InChI=1S/C9H17O10P/c1-7(12)16-4-9(17-6-11)5-19-20(14,15)18-3-8(13)2-10/h6,8-10,13H,2-5H2,1H3,(H,14,15)/t8-,9+/m0/s1. The highest BCUT2D eigenvalue weighted by atomic mass is 31.2. The molecule has 118 valence electrons. The first-order valence-electron chi connectivity index (χ1n) is 5.44. The molecule has 0 saturated carbocycles.